The predicted octanol–water partition coefficient (Wildman–Crippen LogP) is 3.15. The number of cyclic esters (lactones) is 1. The molecule has 1 N–H and O–H groups in total. The maximum Gasteiger partial charge on any atom is 0.343 e. The molecular formula is C25H26FN3O4. The van der Waals surface area contributed by atoms with Gasteiger partial charge in [0.05, 0.1) is 29.0 Å². The standard InChI is InChI=1S/C25H26FN3O4/c1-6-25(32)17-8-20-22-15(10-29(20)23(30)16(17)11-33-24(25)31)21(13(3)28(4)5)14-7-12(2)18(26)9-19(14)27-22/h7-9,13,32H,6,10-11H2,1-5H3/t13-,25+/m1/s1. The van der Waals surface area contributed by atoms with E-state index in [1.807, 2.05) is 20.2 Å². The highest BCUT2D eigenvalue weighted by Gasteiger charge is 2.45. The van der Waals surface area contributed by atoms with E-state index < -0.39 is 11.6 Å². The van der Waals surface area contributed by atoms with Crippen LogP contribution in [0.2, 0.25) is 0 Å². The monoisotopic (exact) mass is 451 g/mol. The third kappa shape index (κ3) is 2.90. The molecule has 172 valence electrons. The van der Waals surface area contributed by atoms with Gasteiger partial charge in [-0.3, -0.25) is 4.79 Å². The maximum atomic E-state index is 14.5. The number of aryl methyl sites for hydroxylation is 1. The lowest BCUT2D eigenvalue weighted by Crippen LogP contribution is -2.44. The number of ether oxygens (including phenoxy) is 1. The van der Waals surface area contributed by atoms with Crippen molar-refractivity contribution in [2.24, 2.45) is 0 Å². The van der Waals surface area contributed by atoms with E-state index in [1.54, 1.807) is 24.5 Å². The fourth-order valence-corrected chi connectivity index (χ4v) is 4.98. The van der Waals surface area contributed by atoms with Gasteiger partial charge in [-0.25, -0.2) is 14.2 Å². The summed E-state index contributed by atoms with van der Waals surface area (Å²) >= 11 is 0. The first-order valence-corrected chi connectivity index (χ1v) is 11.0. The highest BCUT2D eigenvalue weighted by Crippen LogP contribution is 2.42. The summed E-state index contributed by atoms with van der Waals surface area (Å²) < 4.78 is 21.2. The van der Waals surface area contributed by atoms with Gasteiger partial charge in [-0.1, -0.05) is 6.92 Å². The second-order valence-electron chi connectivity index (χ2n) is 9.21. The Morgan fingerprint density at radius 2 is 2.00 bits per heavy atom. The van der Waals surface area contributed by atoms with E-state index in [2.05, 4.69) is 11.8 Å². The number of carbonyl (C=O) groups is 1. The zero-order valence-corrected chi connectivity index (χ0v) is 19.3. The van der Waals surface area contributed by atoms with Gasteiger partial charge in [-0.2, -0.15) is 0 Å². The number of aliphatic hydroxyl groups is 1. The van der Waals surface area contributed by atoms with Gasteiger partial charge in [0, 0.05) is 28.6 Å². The Kier molecular flexibility index (Phi) is 4.74. The van der Waals surface area contributed by atoms with Crippen molar-refractivity contribution < 1.29 is 19.0 Å². The summed E-state index contributed by atoms with van der Waals surface area (Å²) in [5, 5.41) is 11.9. The van der Waals surface area contributed by atoms with E-state index in [4.69, 9.17) is 9.72 Å². The predicted molar refractivity (Wildman–Crippen MR) is 121 cm³/mol. The first kappa shape index (κ1) is 21.7. The molecule has 1 aromatic carbocycles. The van der Waals surface area contributed by atoms with E-state index in [9.17, 15) is 19.1 Å². The molecule has 7 nitrogen and oxygen atoms in total. The van der Waals surface area contributed by atoms with E-state index >= 15 is 0 Å². The lowest BCUT2D eigenvalue weighted by molar-refractivity contribution is -0.172. The molecule has 0 bridgehead atoms. The van der Waals surface area contributed by atoms with Crippen molar-refractivity contribution in [3.63, 3.8) is 0 Å². The third-order valence-corrected chi connectivity index (χ3v) is 7.20. The van der Waals surface area contributed by atoms with Gasteiger partial charge in [0.1, 0.15) is 12.4 Å². The van der Waals surface area contributed by atoms with Gasteiger partial charge in [-0.15, -0.1) is 0 Å². The number of rotatable bonds is 3. The van der Waals surface area contributed by atoms with Gasteiger partial charge in [-0.05, 0) is 57.6 Å². The van der Waals surface area contributed by atoms with Crippen LogP contribution in [0.15, 0.2) is 23.0 Å². The number of aromatic nitrogens is 2. The van der Waals surface area contributed by atoms with Gasteiger partial charge in [0.15, 0.2) is 5.60 Å². The Hall–Kier alpha value is -3.10. The van der Waals surface area contributed by atoms with Crippen molar-refractivity contribution in [3.8, 4) is 11.4 Å². The molecule has 3 aromatic rings. The summed E-state index contributed by atoms with van der Waals surface area (Å²) in [5.41, 5.74) is 2.36. The molecule has 8 heteroatoms. The summed E-state index contributed by atoms with van der Waals surface area (Å²) in [5.74, 6) is -1.10. The average molecular weight is 451 g/mol. The lowest BCUT2D eigenvalue weighted by Gasteiger charge is -2.31. The lowest BCUT2D eigenvalue weighted by atomic mass is 9.86. The minimum Gasteiger partial charge on any atom is -0.458 e. The molecule has 2 aliphatic rings. The molecule has 0 unspecified atom stereocenters. The smallest absolute Gasteiger partial charge is 0.343 e. The van der Waals surface area contributed by atoms with E-state index in [1.165, 1.54) is 6.07 Å². The van der Waals surface area contributed by atoms with E-state index in [0.29, 0.717) is 29.0 Å². The molecule has 0 radical (unpaired) electrons. The van der Waals surface area contributed by atoms with Crippen LogP contribution in [-0.2, 0) is 28.3 Å². The Labute approximate surface area is 190 Å². The number of hydrogen-bond donors (Lipinski definition) is 1. The molecule has 0 spiro atoms. The fourth-order valence-electron chi connectivity index (χ4n) is 4.98. The van der Waals surface area contributed by atoms with Crippen molar-refractivity contribution in [1.82, 2.24) is 14.5 Å². The van der Waals surface area contributed by atoms with Crippen LogP contribution in [0.5, 0.6) is 0 Å². The quantitative estimate of drug-likeness (QED) is 0.482. The van der Waals surface area contributed by atoms with E-state index in [-0.39, 0.29) is 41.6 Å². The molecule has 2 atom stereocenters. The highest BCUT2D eigenvalue weighted by atomic mass is 19.1. The maximum absolute atomic E-state index is 14.5. The molecule has 2 aliphatic heterocycles. The Morgan fingerprint density at radius 1 is 1.27 bits per heavy atom. The summed E-state index contributed by atoms with van der Waals surface area (Å²) in [6.07, 6.45) is 0.0765. The fraction of sp³-hybridized carbons (Fsp3) is 0.400. The van der Waals surface area contributed by atoms with Crippen molar-refractivity contribution in [2.45, 2.75) is 52.0 Å². The first-order chi connectivity index (χ1) is 15.6. The molecule has 4 heterocycles. The highest BCUT2D eigenvalue weighted by molar-refractivity contribution is 5.90. The van der Waals surface area contributed by atoms with Crippen molar-refractivity contribution >= 4 is 16.9 Å². The normalized spacial score (nSPS) is 19.9. The molecular weight excluding hydrogens is 425 g/mol. The minimum atomic E-state index is -1.88. The van der Waals surface area contributed by atoms with Crippen LogP contribution in [0.3, 0.4) is 0 Å². The minimum absolute atomic E-state index is 0.0220. The van der Waals surface area contributed by atoms with Crippen molar-refractivity contribution in [1.29, 1.82) is 0 Å². The number of pyridine rings is 2. The van der Waals surface area contributed by atoms with Crippen LogP contribution in [0, 0.1) is 12.7 Å². The van der Waals surface area contributed by atoms with Crippen LogP contribution in [0.1, 0.15) is 54.1 Å². The zero-order valence-electron chi connectivity index (χ0n) is 19.3. The van der Waals surface area contributed by atoms with E-state index in [0.717, 1.165) is 16.5 Å². The molecule has 0 fully saturated rings. The summed E-state index contributed by atoms with van der Waals surface area (Å²) in [6.45, 7) is 5.59. The Bertz CT molecular complexity index is 1410. The second kappa shape index (κ2) is 7.20. The number of halogens is 1. The first-order valence-electron chi connectivity index (χ1n) is 11.0. The average Bonchev–Trinajstić information content (AvgIpc) is 3.14. The summed E-state index contributed by atoms with van der Waals surface area (Å²) in [7, 11) is 3.94. The Balaban J connectivity index is 1.86. The van der Waals surface area contributed by atoms with Gasteiger partial charge in [0.2, 0.25) is 0 Å². The molecule has 0 saturated carbocycles. The zero-order chi connectivity index (χ0) is 23.8. The van der Waals surface area contributed by atoms with Crippen LogP contribution in [0.25, 0.3) is 22.3 Å². The van der Waals surface area contributed by atoms with Crippen LogP contribution in [-0.4, -0.2) is 39.6 Å². The van der Waals surface area contributed by atoms with Crippen molar-refractivity contribution in [3.05, 3.63) is 62.2 Å². The second-order valence-corrected chi connectivity index (χ2v) is 9.21. The number of fused-ring (bicyclic) bond motifs is 5. The summed E-state index contributed by atoms with van der Waals surface area (Å²) in [6, 6.07) is 4.90. The number of benzene rings is 1. The number of nitrogens with zero attached hydrogens (tertiary/aromatic N) is 3. The van der Waals surface area contributed by atoms with Gasteiger partial charge >= 0.3 is 5.97 Å². The van der Waals surface area contributed by atoms with Crippen LogP contribution >= 0.6 is 0 Å². The molecule has 5 rings (SSSR count). The molecule has 0 saturated heterocycles. The Morgan fingerprint density at radius 3 is 2.67 bits per heavy atom. The SMILES string of the molecule is CC[C@@]1(O)C(=O)OCc2c1cc1n(c2=O)Cc2c-1nc1cc(F)c(C)cc1c2[C@@H](C)N(C)C. The number of carbonyl (C=O) groups excluding carboxylic acids is 1. The molecule has 33 heavy (non-hydrogen) atoms. The van der Waals surface area contributed by atoms with Crippen LogP contribution in [0.4, 0.5) is 4.39 Å². The molecule has 0 aliphatic carbocycles. The molecule has 0 amide bonds. The summed E-state index contributed by atoms with van der Waals surface area (Å²) in [4.78, 5) is 32.7. The topological polar surface area (TPSA) is 84.7 Å². The number of hydrogen-bond acceptors (Lipinski definition) is 6. The van der Waals surface area contributed by atoms with Gasteiger partial charge < -0.3 is 19.3 Å². The number of esters is 1. The third-order valence-electron chi connectivity index (χ3n) is 7.20. The molecule has 2 aromatic heterocycles. The largest absolute Gasteiger partial charge is 0.458 e. The van der Waals surface area contributed by atoms with Crippen LogP contribution < -0.4 is 5.56 Å². The van der Waals surface area contributed by atoms with Crippen molar-refractivity contribution in [2.75, 3.05) is 14.1 Å². The van der Waals surface area contributed by atoms with Gasteiger partial charge in [0.25, 0.3) is 5.56 Å².